The molecule has 0 bridgehead atoms. The van der Waals surface area contributed by atoms with E-state index in [9.17, 15) is 0 Å². The van der Waals surface area contributed by atoms with Crippen LogP contribution < -0.4 is 0 Å². The van der Waals surface area contributed by atoms with Crippen molar-refractivity contribution in [3.63, 3.8) is 0 Å². The van der Waals surface area contributed by atoms with E-state index in [0.29, 0.717) is 6.04 Å². The topological polar surface area (TPSA) is 16.1 Å². The maximum Gasteiger partial charge on any atom is 0.0455 e. The van der Waals surface area contributed by atoms with Gasteiger partial charge in [0.25, 0.3) is 0 Å². The minimum atomic E-state index is 0. The van der Waals surface area contributed by atoms with Crippen molar-refractivity contribution in [3.05, 3.63) is 29.6 Å². The van der Waals surface area contributed by atoms with Gasteiger partial charge in [-0.25, -0.2) is 0 Å². The molecule has 0 aromatic carbocycles. The number of hydrogen-bond acceptors (Lipinski definition) is 2. The molecule has 2 nitrogen and oxygen atoms in total. The van der Waals surface area contributed by atoms with Gasteiger partial charge in [-0.1, -0.05) is 6.07 Å². The van der Waals surface area contributed by atoms with Crippen LogP contribution in [0.2, 0.25) is 0 Å². The van der Waals surface area contributed by atoms with Crippen molar-refractivity contribution >= 4 is 24.8 Å². The van der Waals surface area contributed by atoms with Gasteiger partial charge in [0.2, 0.25) is 0 Å². The molecule has 1 aliphatic heterocycles. The molecule has 1 saturated heterocycles. The maximum atomic E-state index is 4.45. The maximum absolute atomic E-state index is 4.45. The lowest BCUT2D eigenvalue weighted by atomic mass is 10.0. The monoisotopic (exact) mass is 246 g/mol. The SMILES string of the molecule is CN1CC[C@@H]2Cc3ncccc3[C@@H]21.Cl.Cl. The number of aromatic nitrogens is 1. The zero-order chi connectivity index (χ0) is 8.84. The molecule has 2 heterocycles. The standard InChI is InChI=1S/C11H14N2.2ClH/c1-13-6-4-8-7-10-9(11(8)13)3-2-5-12-10;;/h2-3,5,8,11H,4,6-7H2,1H3;2*1H/t8-,11-;;/m1../s1. The van der Waals surface area contributed by atoms with Crippen LogP contribution in [-0.2, 0) is 6.42 Å². The highest BCUT2D eigenvalue weighted by molar-refractivity contribution is 5.85. The predicted molar refractivity (Wildman–Crippen MR) is 65.9 cm³/mol. The predicted octanol–water partition coefficient (Wildman–Crippen LogP) is 2.47. The largest absolute Gasteiger partial charge is 0.299 e. The van der Waals surface area contributed by atoms with Gasteiger partial charge in [0, 0.05) is 17.9 Å². The normalized spacial score (nSPS) is 27.5. The number of rotatable bonds is 0. The van der Waals surface area contributed by atoms with E-state index >= 15 is 0 Å². The lowest BCUT2D eigenvalue weighted by molar-refractivity contribution is 0.292. The van der Waals surface area contributed by atoms with Gasteiger partial charge in [-0.3, -0.25) is 9.88 Å². The highest BCUT2D eigenvalue weighted by Gasteiger charge is 2.39. The molecule has 1 aromatic heterocycles. The quantitative estimate of drug-likeness (QED) is 0.700. The Morgan fingerprint density at radius 3 is 3.00 bits per heavy atom. The van der Waals surface area contributed by atoms with Crippen LogP contribution in [0, 0.1) is 5.92 Å². The Labute approximate surface area is 103 Å². The Balaban J connectivity index is 0.000000562. The van der Waals surface area contributed by atoms with Crippen molar-refractivity contribution in [2.75, 3.05) is 13.6 Å². The third-order valence-corrected chi connectivity index (χ3v) is 3.47. The molecule has 0 unspecified atom stereocenters. The molecule has 84 valence electrons. The Hall–Kier alpha value is -0.310. The Morgan fingerprint density at radius 1 is 1.40 bits per heavy atom. The number of likely N-dealkylation sites (tertiary alicyclic amines) is 1. The molecule has 0 spiro atoms. The van der Waals surface area contributed by atoms with Crippen LogP contribution in [-0.4, -0.2) is 23.5 Å². The Morgan fingerprint density at radius 2 is 2.20 bits per heavy atom. The summed E-state index contributed by atoms with van der Waals surface area (Å²) in [6.07, 6.45) is 4.46. The molecular formula is C11H16Cl2N2. The summed E-state index contributed by atoms with van der Waals surface area (Å²) < 4.78 is 0. The van der Waals surface area contributed by atoms with Gasteiger partial charge in [-0.2, -0.15) is 0 Å². The average Bonchev–Trinajstić information content (AvgIpc) is 2.66. The van der Waals surface area contributed by atoms with E-state index in [4.69, 9.17) is 0 Å². The molecule has 2 aliphatic rings. The lowest BCUT2D eigenvalue weighted by Gasteiger charge is -2.18. The van der Waals surface area contributed by atoms with Crippen LogP contribution in [0.25, 0.3) is 0 Å². The van der Waals surface area contributed by atoms with E-state index in [-0.39, 0.29) is 24.8 Å². The van der Waals surface area contributed by atoms with E-state index in [2.05, 4.69) is 29.1 Å². The highest BCUT2D eigenvalue weighted by atomic mass is 35.5. The second-order valence-corrected chi connectivity index (χ2v) is 4.22. The Kier molecular flexibility index (Phi) is 3.99. The van der Waals surface area contributed by atoms with Gasteiger partial charge in [0.15, 0.2) is 0 Å². The second-order valence-electron chi connectivity index (χ2n) is 4.22. The minimum Gasteiger partial charge on any atom is -0.299 e. The smallest absolute Gasteiger partial charge is 0.0455 e. The molecule has 4 heteroatoms. The summed E-state index contributed by atoms with van der Waals surface area (Å²) in [6.45, 7) is 1.25. The summed E-state index contributed by atoms with van der Waals surface area (Å²) in [5.41, 5.74) is 2.82. The molecule has 3 rings (SSSR count). The van der Waals surface area contributed by atoms with E-state index in [1.165, 1.54) is 30.6 Å². The van der Waals surface area contributed by atoms with Gasteiger partial charge in [0.1, 0.15) is 0 Å². The summed E-state index contributed by atoms with van der Waals surface area (Å²) in [7, 11) is 2.23. The fraction of sp³-hybridized carbons (Fsp3) is 0.545. The first-order valence-electron chi connectivity index (χ1n) is 5.00. The summed E-state index contributed by atoms with van der Waals surface area (Å²) in [5.74, 6) is 0.842. The molecule has 0 saturated carbocycles. The fourth-order valence-corrected chi connectivity index (χ4v) is 2.87. The molecule has 2 atom stereocenters. The van der Waals surface area contributed by atoms with Crippen molar-refractivity contribution < 1.29 is 0 Å². The number of fused-ring (bicyclic) bond motifs is 3. The molecule has 15 heavy (non-hydrogen) atoms. The minimum absolute atomic E-state index is 0. The van der Waals surface area contributed by atoms with E-state index < -0.39 is 0 Å². The summed E-state index contributed by atoms with van der Waals surface area (Å²) >= 11 is 0. The first-order chi connectivity index (χ1) is 6.36. The molecule has 1 aliphatic carbocycles. The van der Waals surface area contributed by atoms with Gasteiger partial charge >= 0.3 is 0 Å². The first kappa shape index (κ1) is 12.8. The van der Waals surface area contributed by atoms with Crippen LogP contribution in [0.1, 0.15) is 23.7 Å². The van der Waals surface area contributed by atoms with Gasteiger partial charge < -0.3 is 0 Å². The zero-order valence-corrected chi connectivity index (χ0v) is 10.4. The molecular weight excluding hydrogens is 231 g/mol. The number of pyridine rings is 1. The van der Waals surface area contributed by atoms with Crippen molar-refractivity contribution in [3.8, 4) is 0 Å². The summed E-state index contributed by atoms with van der Waals surface area (Å²) in [6, 6.07) is 4.98. The zero-order valence-electron chi connectivity index (χ0n) is 8.72. The van der Waals surface area contributed by atoms with Crippen LogP contribution >= 0.6 is 24.8 Å². The second kappa shape index (κ2) is 4.69. The fourth-order valence-electron chi connectivity index (χ4n) is 2.87. The average molecular weight is 247 g/mol. The Bertz CT molecular complexity index is 343. The number of hydrogen-bond donors (Lipinski definition) is 0. The van der Waals surface area contributed by atoms with Crippen molar-refractivity contribution in [1.29, 1.82) is 0 Å². The summed E-state index contributed by atoms with van der Waals surface area (Å²) in [4.78, 5) is 6.92. The lowest BCUT2D eigenvalue weighted by Crippen LogP contribution is -2.18. The van der Waals surface area contributed by atoms with E-state index in [0.717, 1.165) is 5.92 Å². The number of halogens is 2. The summed E-state index contributed by atoms with van der Waals surface area (Å²) in [5, 5.41) is 0. The van der Waals surface area contributed by atoms with Crippen LogP contribution in [0.5, 0.6) is 0 Å². The van der Waals surface area contributed by atoms with Crippen molar-refractivity contribution in [2.45, 2.75) is 18.9 Å². The van der Waals surface area contributed by atoms with Crippen molar-refractivity contribution in [2.24, 2.45) is 5.92 Å². The van der Waals surface area contributed by atoms with Gasteiger partial charge in [0.05, 0.1) is 0 Å². The van der Waals surface area contributed by atoms with Crippen molar-refractivity contribution in [1.82, 2.24) is 9.88 Å². The first-order valence-corrected chi connectivity index (χ1v) is 5.00. The number of nitrogens with zero attached hydrogens (tertiary/aromatic N) is 2. The molecule has 0 N–H and O–H groups in total. The third kappa shape index (κ3) is 1.86. The van der Waals surface area contributed by atoms with E-state index in [1.807, 2.05) is 6.20 Å². The third-order valence-electron chi connectivity index (χ3n) is 3.47. The molecule has 0 radical (unpaired) electrons. The molecule has 0 amide bonds. The molecule has 1 fully saturated rings. The van der Waals surface area contributed by atoms with Crippen LogP contribution in [0.15, 0.2) is 18.3 Å². The van der Waals surface area contributed by atoms with Crippen LogP contribution in [0.3, 0.4) is 0 Å². The van der Waals surface area contributed by atoms with Gasteiger partial charge in [-0.05, 0) is 44.0 Å². The highest BCUT2D eigenvalue weighted by Crippen LogP contribution is 2.44. The molecule has 1 aromatic rings. The van der Waals surface area contributed by atoms with Crippen LogP contribution in [0.4, 0.5) is 0 Å². The van der Waals surface area contributed by atoms with E-state index in [1.54, 1.807) is 0 Å². The van der Waals surface area contributed by atoms with Gasteiger partial charge in [-0.15, -0.1) is 24.8 Å².